The minimum Gasteiger partial charge on any atom is -0.497 e. The molecule has 0 aromatic heterocycles. The van der Waals surface area contributed by atoms with Crippen LogP contribution in [0.1, 0.15) is 32.4 Å². The van der Waals surface area contributed by atoms with E-state index in [0.717, 1.165) is 31.9 Å². The highest BCUT2D eigenvalue weighted by molar-refractivity contribution is 5.84. The molecule has 0 bridgehead atoms. The van der Waals surface area contributed by atoms with Crippen LogP contribution in [0.5, 0.6) is 5.75 Å². The third-order valence-corrected chi connectivity index (χ3v) is 4.34. The summed E-state index contributed by atoms with van der Waals surface area (Å²) in [4.78, 5) is 2.44. The molecule has 0 radical (unpaired) electrons. The second-order valence-electron chi connectivity index (χ2n) is 5.68. The number of hydrogen-bond acceptors (Lipinski definition) is 3. The predicted octanol–water partition coefficient (Wildman–Crippen LogP) is 3.84. The van der Waals surface area contributed by atoms with Crippen molar-refractivity contribution in [2.45, 2.75) is 26.8 Å². The Hall–Kier alpha value is -1.58. The summed E-state index contributed by atoms with van der Waals surface area (Å²) in [5.74, 6) is 0.908. The Morgan fingerprint density at radius 3 is 2.41 bits per heavy atom. The van der Waals surface area contributed by atoms with Gasteiger partial charge in [0.05, 0.1) is 7.11 Å². The molecule has 2 aromatic carbocycles. The average molecular weight is 300 g/mol. The van der Waals surface area contributed by atoms with Gasteiger partial charge in [-0.25, -0.2) is 0 Å². The van der Waals surface area contributed by atoms with Crippen molar-refractivity contribution in [3.8, 4) is 5.75 Å². The van der Waals surface area contributed by atoms with Crippen molar-refractivity contribution in [1.29, 1.82) is 0 Å². The molecule has 0 fully saturated rings. The van der Waals surface area contributed by atoms with E-state index in [0.29, 0.717) is 6.04 Å². The summed E-state index contributed by atoms with van der Waals surface area (Å²) in [6.07, 6.45) is 0. The number of fused-ring (bicyclic) bond motifs is 1. The average Bonchev–Trinajstić information content (AvgIpc) is 2.57. The van der Waals surface area contributed by atoms with E-state index in [9.17, 15) is 0 Å². The Kier molecular flexibility index (Phi) is 6.22. The molecule has 1 atom stereocenters. The summed E-state index contributed by atoms with van der Waals surface area (Å²) in [6, 6.07) is 13.2. The van der Waals surface area contributed by atoms with Gasteiger partial charge in [-0.1, -0.05) is 32.0 Å². The molecule has 0 saturated carbocycles. The fourth-order valence-electron chi connectivity index (χ4n) is 2.74. The van der Waals surface area contributed by atoms with Crippen LogP contribution in [0.15, 0.2) is 36.4 Å². The highest BCUT2D eigenvalue weighted by atomic mass is 16.5. The van der Waals surface area contributed by atoms with Gasteiger partial charge in [0, 0.05) is 19.1 Å². The number of rotatable bonds is 8. The van der Waals surface area contributed by atoms with Crippen molar-refractivity contribution in [2.24, 2.45) is 0 Å². The number of hydrogen-bond donors (Lipinski definition) is 1. The Bertz CT molecular complexity index is 593. The molecule has 22 heavy (non-hydrogen) atoms. The molecule has 2 aromatic rings. The molecule has 0 aliphatic carbocycles. The summed E-state index contributed by atoms with van der Waals surface area (Å²) in [5.41, 5.74) is 1.33. The van der Waals surface area contributed by atoms with E-state index >= 15 is 0 Å². The van der Waals surface area contributed by atoms with Crippen LogP contribution in [0.25, 0.3) is 10.8 Å². The highest BCUT2D eigenvalue weighted by Gasteiger charge is 2.07. The molecule has 0 spiro atoms. The van der Waals surface area contributed by atoms with Gasteiger partial charge in [-0.15, -0.1) is 0 Å². The number of likely N-dealkylation sites (N-methyl/N-ethyl adjacent to an activating group) is 1. The van der Waals surface area contributed by atoms with E-state index in [2.05, 4.69) is 61.3 Å². The third kappa shape index (κ3) is 4.21. The SMILES string of the molecule is CCN(CC)CCNC(C)c1ccc2cc(OC)ccc2c1. The first-order chi connectivity index (χ1) is 10.7. The molecule has 0 aliphatic heterocycles. The molecule has 2 rings (SSSR count). The van der Waals surface area contributed by atoms with Crippen molar-refractivity contribution in [3.05, 3.63) is 42.0 Å². The number of benzene rings is 2. The van der Waals surface area contributed by atoms with Crippen LogP contribution in [0, 0.1) is 0 Å². The largest absolute Gasteiger partial charge is 0.497 e. The van der Waals surface area contributed by atoms with Gasteiger partial charge in [0.2, 0.25) is 0 Å². The van der Waals surface area contributed by atoms with Crippen LogP contribution in [0.2, 0.25) is 0 Å². The van der Waals surface area contributed by atoms with Crippen LogP contribution >= 0.6 is 0 Å². The molecular formula is C19H28N2O. The second-order valence-corrected chi connectivity index (χ2v) is 5.68. The molecular weight excluding hydrogens is 272 g/mol. The molecule has 1 unspecified atom stereocenters. The monoisotopic (exact) mass is 300 g/mol. The van der Waals surface area contributed by atoms with Gasteiger partial charge < -0.3 is 15.0 Å². The van der Waals surface area contributed by atoms with Gasteiger partial charge in [-0.2, -0.15) is 0 Å². The Morgan fingerprint density at radius 2 is 1.73 bits per heavy atom. The van der Waals surface area contributed by atoms with Crippen LogP contribution in [0.3, 0.4) is 0 Å². The predicted molar refractivity (Wildman–Crippen MR) is 94.7 cm³/mol. The fourth-order valence-corrected chi connectivity index (χ4v) is 2.74. The summed E-state index contributed by atoms with van der Waals surface area (Å²) >= 11 is 0. The van der Waals surface area contributed by atoms with Gasteiger partial charge in [-0.3, -0.25) is 0 Å². The minimum absolute atomic E-state index is 0.363. The normalized spacial score (nSPS) is 12.8. The fraction of sp³-hybridized carbons (Fsp3) is 0.474. The van der Waals surface area contributed by atoms with Crippen molar-refractivity contribution >= 4 is 10.8 Å². The lowest BCUT2D eigenvalue weighted by Crippen LogP contribution is -2.33. The molecule has 0 aliphatic rings. The maximum atomic E-state index is 5.28. The lowest BCUT2D eigenvalue weighted by Gasteiger charge is -2.21. The first-order valence-corrected chi connectivity index (χ1v) is 8.21. The summed E-state index contributed by atoms with van der Waals surface area (Å²) in [5, 5.41) is 6.10. The third-order valence-electron chi connectivity index (χ3n) is 4.34. The van der Waals surface area contributed by atoms with E-state index in [-0.39, 0.29) is 0 Å². The maximum absolute atomic E-state index is 5.28. The first kappa shape index (κ1) is 16.8. The summed E-state index contributed by atoms with van der Waals surface area (Å²) in [7, 11) is 1.71. The van der Waals surface area contributed by atoms with Gasteiger partial charge in [-0.05, 0) is 54.5 Å². The number of ether oxygens (including phenoxy) is 1. The smallest absolute Gasteiger partial charge is 0.119 e. The van der Waals surface area contributed by atoms with E-state index < -0.39 is 0 Å². The van der Waals surface area contributed by atoms with Crippen molar-refractivity contribution in [2.75, 3.05) is 33.3 Å². The molecule has 0 saturated heterocycles. The number of nitrogens with one attached hydrogen (secondary N) is 1. The standard InChI is InChI=1S/C19H28N2O/c1-5-21(6-2)12-11-20-15(3)16-7-8-18-14-19(22-4)10-9-17(18)13-16/h7-10,13-15,20H,5-6,11-12H2,1-4H3. The Labute approximate surface area is 134 Å². The van der Waals surface area contributed by atoms with Gasteiger partial charge in [0.1, 0.15) is 5.75 Å². The Balaban J connectivity index is 2.00. The molecule has 3 nitrogen and oxygen atoms in total. The maximum Gasteiger partial charge on any atom is 0.119 e. The van der Waals surface area contributed by atoms with E-state index in [1.165, 1.54) is 16.3 Å². The summed E-state index contributed by atoms with van der Waals surface area (Å²) in [6.45, 7) is 11.0. The molecule has 3 heteroatoms. The van der Waals surface area contributed by atoms with Crippen LogP contribution in [0.4, 0.5) is 0 Å². The van der Waals surface area contributed by atoms with Crippen molar-refractivity contribution in [1.82, 2.24) is 10.2 Å². The lowest BCUT2D eigenvalue weighted by atomic mass is 10.0. The van der Waals surface area contributed by atoms with E-state index in [1.807, 2.05) is 6.07 Å². The quantitative estimate of drug-likeness (QED) is 0.801. The number of methoxy groups -OCH3 is 1. The first-order valence-electron chi connectivity index (χ1n) is 8.21. The van der Waals surface area contributed by atoms with E-state index in [1.54, 1.807) is 7.11 Å². The van der Waals surface area contributed by atoms with Gasteiger partial charge in [0.25, 0.3) is 0 Å². The second kappa shape index (κ2) is 8.16. The van der Waals surface area contributed by atoms with Crippen molar-refractivity contribution < 1.29 is 4.74 Å². The zero-order valence-electron chi connectivity index (χ0n) is 14.2. The minimum atomic E-state index is 0.363. The number of nitrogens with zero attached hydrogens (tertiary/aromatic N) is 1. The van der Waals surface area contributed by atoms with Crippen LogP contribution in [-0.4, -0.2) is 38.2 Å². The van der Waals surface area contributed by atoms with Crippen molar-refractivity contribution in [3.63, 3.8) is 0 Å². The van der Waals surface area contributed by atoms with Gasteiger partial charge in [0.15, 0.2) is 0 Å². The molecule has 0 heterocycles. The topological polar surface area (TPSA) is 24.5 Å². The summed E-state index contributed by atoms with van der Waals surface area (Å²) < 4.78 is 5.28. The Morgan fingerprint density at radius 1 is 1.05 bits per heavy atom. The lowest BCUT2D eigenvalue weighted by molar-refractivity contribution is 0.298. The highest BCUT2D eigenvalue weighted by Crippen LogP contribution is 2.24. The van der Waals surface area contributed by atoms with Crippen LogP contribution in [-0.2, 0) is 0 Å². The molecule has 1 N–H and O–H groups in total. The van der Waals surface area contributed by atoms with E-state index in [4.69, 9.17) is 4.74 Å². The van der Waals surface area contributed by atoms with Crippen LogP contribution < -0.4 is 10.1 Å². The van der Waals surface area contributed by atoms with Gasteiger partial charge >= 0.3 is 0 Å². The zero-order valence-corrected chi connectivity index (χ0v) is 14.2. The molecule has 0 amide bonds. The zero-order chi connectivity index (χ0) is 15.9. The molecule has 120 valence electrons.